The maximum absolute atomic E-state index is 12.4. The van der Waals surface area contributed by atoms with Crippen LogP contribution in [-0.4, -0.2) is 43.9 Å². The maximum atomic E-state index is 12.4. The molecule has 0 aliphatic heterocycles. The second-order valence-corrected chi connectivity index (χ2v) is 9.64. The molecule has 0 fully saturated rings. The number of alkyl halides is 3. The van der Waals surface area contributed by atoms with Crippen molar-refractivity contribution >= 4 is 35.4 Å². The number of carbonyl (C=O) groups excluding carboxylic acids is 3. The van der Waals surface area contributed by atoms with Gasteiger partial charge in [0.1, 0.15) is 11.5 Å². The third-order valence-corrected chi connectivity index (χ3v) is 5.98. The minimum atomic E-state index is -4.31. The Bertz CT molecular complexity index is 1400. The van der Waals surface area contributed by atoms with E-state index in [9.17, 15) is 27.6 Å². The van der Waals surface area contributed by atoms with Gasteiger partial charge in [-0.2, -0.15) is 13.2 Å². The van der Waals surface area contributed by atoms with Crippen molar-refractivity contribution in [3.05, 3.63) is 89.5 Å². The standard InChI is InChI=1S/C32H33F3N2O7/c33-32(34,35)15-18-41-27-12-8-23(9-13-27)31(40)44-28-10-5-22(6-11-28)7-14-29(38)42-16-3-1-2-4-17-43-30(39)24-19-25(36)21-26(37)20-24/h5-14,19-21H,1-4,15-18,36-37H2/b14-7+. The number of hydrogen-bond donors (Lipinski definition) is 2. The molecule has 0 radical (unpaired) electrons. The molecule has 3 rings (SSSR count). The molecule has 0 amide bonds. The monoisotopic (exact) mass is 614 g/mol. The van der Waals surface area contributed by atoms with Gasteiger partial charge in [0, 0.05) is 17.5 Å². The first kappa shape index (κ1) is 33.5. The van der Waals surface area contributed by atoms with E-state index in [2.05, 4.69) is 0 Å². The number of nitrogens with two attached hydrogens (primary N) is 2. The summed E-state index contributed by atoms with van der Waals surface area (Å²) < 4.78 is 57.4. The van der Waals surface area contributed by atoms with Crippen molar-refractivity contribution in [2.24, 2.45) is 0 Å². The summed E-state index contributed by atoms with van der Waals surface area (Å²) in [5, 5.41) is 0. The SMILES string of the molecule is Nc1cc(N)cc(C(=O)OCCCCCCOC(=O)/C=C/c2ccc(OC(=O)c3ccc(OCCC(F)(F)F)cc3)cc2)c1. The van der Waals surface area contributed by atoms with Gasteiger partial charge < -0.3 is 30.4 Å². The summed E-state index contributed by atoms with van der Waals surface area (Å²) in [6.45, 7) is -0.00775. The average Bonchev–Trinajstić information content (AvgIpc) is 2.97. The summed E-state index contributed by atoms with van der Waals surface area (Å²) >= 11 is 0. The van der Waals surface area contributed by atoms with E-state index in [0.717, 1.165) is 12.8 Å². The number of hydrogen-bond acceptors (Lipinski definition) is 9. The van der Waals surface area contributed by atoms with E-state index in [4.69, 9.17) is 30.4 Å². The van der Waals surface area contributed by atoms with Crippen LogP contribution in [-0.2, 0) is 14.3 Å². The second-order valence-electron chi connectivity index (χ2n) is 9.64. The quantitative estimate of drug-likeness (QED) is 0.0656. The number of ether oxygens (including phenoxy) is 4. The smallest absolute Gasteiger partial charge is 0.392 e. The van der Waals surface area contributed by atoms with E-state index < -0.39 is 37.1 Å². The van der Waals surface area contributed by atoms with E-state index in [1.165, 1.54) is 42.5 Å². The largest absolute Gasteiger partial charge is 0.493 e. The van der Waals surface area contributed by atoms with Gasteiger partial charge in [-0.1, -0.05) is 12.1 Å². The topological polar surface area (TPSA) is 140 Å². The molecule has 234 valence electrons. The van der Waals surface area contributed by atoms with Gasteiger partial charge in [-0.3, -0.25) is 0 Å². The number of esters is 3. The highest BCUT2D eigenvalue weighted by Crippen LogP contribution is 2.21. The van der Waals surface area contributed by atoms with Crippen molar-refractivity contribution in [2.45, 2.75) is 38.3 Å². The van der Waals surface area contributed by atoms with Gasteiger partial charge >= 0.3 is 24.1 Å². The first-order valence-corrected chi connectivity index (χ1v) is 13.8. The third-order valence-electron chi connectivity index (χ3n) is 5.98. The van der Waals surface area contributed by atoms with Crippen LogP contribution >= 0.6 is 0 Å². The second kappa shape index (κ2) is 16.6. The lowest BCUT2D eigenvalue weighted by Crippen LogP contribution is -2.13. The fourth-order valence-corrected chi connectivity index (χ4v) is 3.77. The number of unbranched alkanes of at least 4 members (excludes halogenated alkanes) is 3. The summed E-state index contributed by atoms with van der Waals surface area (Å²) in [7, 11) is 0. The van der Waals surface area contributed by atoms with Crippen molar-refractivity contribution < 1.29 is 46.5 Å². The summed E-state index contributed by atoms with van der Waals surface area (Å²) in [6.07, 6.45) is 0.387. The van der Waals surface area contributed by atoms with Crippen LogP contribution in [0.25, 0.3) is 6.08 Å². The van der Waals surface area contributed by atoms with Crippen molar-refractivity contribution in [1.82, 2.24) is 0 Å². The Morgan fingerprint density at radius 1 is 0.682 bits per heavy atom. The molecule has 0 aliphatic carbocycles. The molecule has 0 saturated heterocycles. The first-order chi connectivity index (χ1) is 21.0. The molecule has 0 bridgehead atoms. The van der Waals surface area contributed by atoms with E-state index in [1.807, 2.05) is 0 Å². The number of carbonyl (C=O) groups is 3. The number of nitrogen functional groups attached to an aromatic ring is 2. The number of halogens is 3. The normalized spacial score (nSPS) is 11.2. The maximum Gasteiger partial charge on any atom is 0.392 e. The highest BCUT2D eigenvalue weighted by atomic mass is 19.4. The number of benzene rings is 3. The van der Waals surface area contributed by atoms with Gasteiger partial charge in [0.05, 0.1) is 37.4 Å². The number of anilines is 2. The highest BCUT2D eigenvalue weighted by Gasteiger charge is 2.26. The molecule has 0 unspecified atom stereocenters. The first-order valence-electron chi connectivity index (χ1n) is 13.8. The van der Waals surface area contributed by atoms with Gasteiger partial charge in [0.25, 0.3) is 0 Å². The summed E-state index contributed by atoms with van der Waals surface area (Å²) in [6, 6.07) is 16.6. The lowest BCUT2D eigenvalue weighted by molar-refractivity contribution is -0.140. The fraction of sp³-hybridized carbons (Fsp3) is 0.281. The van der Waals surface area contributed by atoms with Gasteiger partial charge in [-0.25, -0.2) is 14.4 Å². The minimum Gasteiger partial charge on any atom is -0.493 e. The molecular weight excluding hydrogens is 581 g/mol. The Kier molecular flexibility index (Phi) is 12.6. The van der Waals surface area contributed by atoms with Crippen LogP contribution < -0.4 is 20.9 Å². The van der Waals surface area contributed by atoms with Crippen LogP contribution in [0.4, 0.5) is 24.5 Å². The Morgan fingerprint density at radius 3 is 1.89 bits per heavy atom. The van der Waals surface area contributed by atoms with Gasteiger partial charge in [-0.05, 0) is 91.9 Å². The molecule has 0 saturated carbocycles. The Hall–Kier alpha value is -5.00. The molecule has 0 heterocycles. The zero-order valence-corrected chi connectivity index (χ0v) is 23.8. The van der Waals surface area contributed by atoms with Crippen LogP contribution in [0.1, 0.15) is 58.4 Å². The average molecular weight is 615 g/mol. The molecule has 12 heteroatoms. The van der Waals surface area contributed by atoms with Gasteiger partial charge in [0.2, 0.25) is 0 Å². The van der Waals surface area contributed by atoms with E-state index >= 15 is 0 Å². The van der Waals surface area contributed by atoms with Crippen LogP contribution in [0.15, 0.2) is 72.8 Å². The summed E-state index contributed by atoms with van der Waals surface area (Å²) in [5.74, 6) is -1.16. The third kappa shape index (κ3) is 12.5. The van der Waals surface area contributed by atoms with Crippen molar-refractivity contribution in [1.29, 1.82) is 0 Å². The Balaban J connectivity index is 1.28. The highest BCUT2D eigenvalue weighted by molar-refractivity contribution is 5.92. The zero-order chi connectivity index (χ0) is 32.0. The molecule has 4 N–H and O–H groups in total. The molecular formula is C32H33F3N2O7. The van der Waals surface area contributed by atoms with Crippen molar-refractivity contribution in [3.63, 3.8) is 0 Å². The Labute approximate surface area is 252 Å². The van der Waals surface area contributed by atoms with Crippen LogP contribution in [0.5, 0.6) is 11.5 Å². The predicted octanol–water partition coefficient (Wildman–Crippen LogP) is 6.38. The molecule has 3 aromatic carbocycles. The van der Waals surface area contributed by atoms with E-state index in [0.29, 0.717) is 35.3 Å². The summed E-state index contributed by atoms with van der Waals surface area (Å²) in [5.41, 5.74) is 13.3. The van der Waals surface area contributed by atoms with Crippen molar-refractivity contribution in [3.8, 4) is 11.5 Å². The van der Waals surface area contributed by atoms with Gasteiger partial charge in [-0.15, -0.1) is 0 Å². The van der Waals surface area contributed by atoms with Gasteiger partial charge in [0.15, 0.2) is 0 Å². The lowest BCUT2D eigenvalue weighted by atomic mass is 10.2. The number of rotatable bonds is 15. The molecule has 44 heavy (non-hydrogen) atoms. The molecule has 9 nitrogen and oxygen atoms in total. The zero-order valence-electron chi connectivity index (χ0n) is 23.8. The molecule has 3 aromatic rings. The van der Waals surface area contributed by atoms with Crippen LogP contribution in [0.2, 0.25) is 0 Å². The van der Waals surface area contributed by atoms with E-state index in [-0.39, 0.29) is 30.3 Å². The van der Waals surface area contributed by atoms with Crippen LogP contribution in [0.3, 0.4) is 0 Å². The fourth-order valence-electron chi connectivity index (χ4n) is 3.77. The van der Waals surface area contributed by atoms with Crippen LogP contribution in [0, 0.1) is 0 Å². The molecule has 0 aliphatic rings. The lowest BCUT2D eigenvalue weighted by Gasteiger charge is -2.09. The summed E-state index contributed by atoms with van der Waals surface area (Å²) in [4.78, 5) is 36.4. The minimum absolute atomic E-state index is 0.198. The molecule has 0 spiro atoms. The predicted molar refractivity (Wildman–Crippen MR) is 158 cm³/mol. The Morgan fingerprint density at radius 2 is 1.27 bits per heavy atom. The van der Waals surface area contributed by atoms with E-state index in [1.54, 1.807) is 36.4 Å². The molecule has 0 aromatic heterocycles. The molecule has 0 atom stereocenters. The van der Waals surface area contributed by atoms with Crippen molar-refractivity contribution in [2.75, 3.05) is 31.3 Å².